The van der Waals surface area contributed by atoms with Crippen LogP contribution >= 0.6 is 15.6 Å². The Labute approximate surface area is 600 Å². The minimum absolute atomic E-state index is 0.107. The van der Waals surface area contributed by atoms with Crippen LogP contribution in [-0.4, -0.2) is 96.7 Å². The largest absolute Gasteiger partial charge is 0.472 e. The van der Waals surface area contributed by atoms with E-state index in [-0.39, 0.29) is 25.7 Å². The molecule has 0 spiro atoms. The van der Waals surface area contributed by atoms with Crippen LogP contribution in [0.3, 0.4) is 0 Å². The zero-order valence-corrected chi connectivity index (χ0v) is 65.9. The number of aliphatic hydroxyl groups is 1. The molecule has 0 bridgehead atoms. The topological polar surface area (TPSA) is 237 Å². The van der Waals surface area contributed by atoms with Gasteiger partial charge in [0.15, 0.2) is 12.2 Å². The number of unbranched alkanes of at least 4 members (excludes halogenated alkanes) is 48. The van der Waals surface area contributed by atoms with E-state index in [0.29, 0.717) is 25.7 Å². The maximum atomic E-state index is 13.1. The van der Waals surface area contributed by atoms with Crippen LogP contribution in [0.1, 0.15) is 414 Å². The van der Waals surface area contributed by atoms with E-state index in [0.717, 1.165) is 102 Å². The summed E-state index contributed by atoms with van der Waals surface area (Å²) in [5, 5.41) is 10.6. The highest BCUT2D eigenvalue weighted by atomic mass is 31.2. The van der Waals surface area contributed by atoms with Gasteiger partial charge in [0.05, 0.1) is 26.4 Å². The van der Waals surface area contributed by atoms with Crippen LogP contribution < -0.4 is 0 Å². The van der Waals surface area contributed by atoms with Gasteiger partial charge in [0, 0.05) is 25.7 Å². The van der Waals surface area contributed by atoms with Crippen molar-refractivity contribution in [1.29, 1.82) is 0 Å². The molecule has 5 atom stereocenters. The zero-order chi connectivity index (χ0) is 72.1. The van der Waals surface area contributed by atoms with Gasteiger partial charge < -0.3 is 33.8 Å². The molecule has 582 valence electrons. The second-order valence-corrected chi connectivity index (χ2v) is 32.3. The number of esters is 4. The Hall–Kier alpha value is -1.94. The summed E-state index contributed by atoms with van der Waals surface area (Å²) in [6.45, 7) is 9.58. The number of aliphatic hydroxyl groups excluding tert-OH is 1. The molecule has 0 aromatic rings. The van der Waals surface area contributed by atoms with Gasteiger partial charge in [0.1, 0.15) is 19.3 Å². The van der Waals surface area contributed by atoms with Crippen molar-refractivity contribution in [3.63, 3.8) is 0 Å². The molecule has 3 N–H and O–H groups in total. The summed E-state index contributed by atoms with van der Waals surface area (Å²) >= 11 is 0. The normalized spacial score (nSPS) is 13.9. The molecule has 0 aromatic carbocycles. The molecule has 98 heavy (non-hydrogen) atoms. The molecule has 17 nitrogen and oxygen atoms in total. The van der Waals surface area contributed by atoms with E-state index in [9.17, 15) is 43.2 Å². The van der Waals surface area contributed by atoms with Crippen molar-refractivity contribution in [1.82, 2.24) is 0 Å². The summed E-state index contributed by atoms with van der Waals surface area (Å²) in [5.74, 6) is -0.627. The number of phosphoric ester groups is 2. The first-order valence-electron chi connectivity index (χ1n) is 41.0. The van der Waals surface area contributed by atoms with E-state index in [1.165, 1.54) is 231 Å². The fourth-order valence-electron chi connectivity index (χ4n) is 12.2. The molecule has 0 saturated heterocycles. The molecule has 0 rings (SSSR count). The average molecular weight is 1440 g/mol. The molecular weight excluding hydrogens is 1280 g/mol. The molecule has 0 amide bonds. The monoisotopic (exact) mass is 1440 g/mol. The highest BCUT2D eigenvalue weighted by molar-refractivity contribution is 7.47. The zero-order valence-electron chi connectivity index (χ0n) is 64.1. The lowest BCUT2D eigenvalue weighted by atomic mass is 10.0. The Morgan fingerprint density at radius 2 is 0.469 bits per heavy atom. The maximum absolute atomic E-state index is 13.1. The summed E-state index contributed by atoms with van der Waals surface area (Å²) in [6, 6.07) is 0. The smallest absolute Gasteiger partial charge is 0.462 e. The Bertz CT molecular complexity index is 1890. The summed E-state index contributed by atoms with van der Waals surface area (Å²) in [4.78, 5) is 72.9. The average Bonchev–Trinajstić information content (AvgIpc) is 1.14. The number of hydrogen-bond donors (Lipinski definition) is 3. The van der Waals surface area contributed by atoms with E-state index in [1.54, 1.807) is 0 Å². The van der Waals surface area contributed by atoms with Gasteiger partial charge in [-0.25, -0.2) is 9.13 Å². The number of rotatable bonds is 78. The number of phosphoric acid groups is 2. The van der Waals surface area contributed by atoms with Crippen LogP contribution in [0.5, 0.6) is 0 Å². The molecule has 0 aliphatic carbocycles. The number of carbonyl (C=O) groups is 4. The van der Waals surface area contributed by atoms with Gasteiger partial charge in [-0.05, 0) is 37.5 Å². The molecule has 0 aliphatic rings. The molecule has 0 aromatic heterocycles. The lowest BCUT2D eigenvalue weighted by Gasteiger charge is -2.21. The van der Waals surface area contributed by atoms with Gasteiger partial charge in [-0.2, -0.15) is 0 Å². The Morgan fingerprint density at radius 3 is 0.694 bits per heavy atom. The van der Waals surface area contributed by atoms with Crippen LogP contribution in [0, 0.1) is 11.8 Å². The molecule has 0 heterocycles. The summed E-state index contributed by atoms with van der Waals surface area (Å²) in [5.41, 5.74) is 0. The van der Waals surface area contributed by atoms with Gasteiger partial charge in [-0.15, -0.1) is 0 Å². The highest BCUT2D eigenvalue weighted by Gasteiger charge is 2.30. The van der Waals surface area contributed by atoms with Crippen LogP contribution in [0.25, 0.3) is 0 Å². The number of hydrogen-bond acceptors (Lipinski definition) is 15. The van der Waals surface area contributed by atoms with Crippen molar-refractivity contribution in [3.8, 4) is 0 Å². The minimum Gasteiger partial charge on any atom is -0.462 e. The first kappa shape index (κ1) is 96.1. The third-order valence-electron chi connectivity index (χ3n) is 18.5. The van der Waals surface area contributed by atoms with Gasteiger partial charge in [0.2, 0.25) is 0 Å². The predicted octanol–water partition coefficient (Wildman–Crippen LogP) is 23.5. The van der Waals surface area contributed by atoms with E-state index in [4.69, 9.17) is 37.0 Å². The van der Waals surface area contributed by atoms with Crippen molar-refractivity contribution in [2.45, 2.75) is 432 Å². The van der Waals surface area contributed by atoms with Crippen molar-refractivity contribution in [2.75, 3.05) is 39.6 Å². The second kappa shape index (κ2) is 70.7. The molecule has 19 heteroatoms. The molecule has 0 fully saturated rings. The van der Waals surface area contributed by atoms with Crippen molar-refractivity contribution in [2.24, 2.45) is 11.8 Å². The van der Waals surface area contributed by atoms with E-state index in [2.05, 4.69) is 41.5 Å². The summed E-state index contributed by atoms with van der Waals surface area (Å²) in [7, 11) is -9.92. The van der Waals surface area contributed by atoms with Gasteiger partial charge in [-0.1, -0.05) is 363 Å². The quantitative estimate of drug-likeness (QED) is 0.0222. The van der Waals surface area contributed by atoms with Crippen LogP contribution in [0.2, 0.25) is 0 Å². The predicted molar refractivity (Wildman–Crippen MR) is 400 cm³/mol. The Kier molecular flexibility index (Phi) is 69.3. The highest BCUT2D eigenvalue weighted by Crippen LogP contribution is 2.45. The lowest BCUT2D eigenvalue weighted by Crippen LogP contribution is -2.30. The lowest BCUT2D eigenvalue weighted by molar-refractivity contribution is -0.161. The van der Waals surface area contributed by atoms with Crippen molar-refractivity contribution < 1.29 is 80.2 Å². The SMILES string of the molecule is CCCCCCCCCCCCCCCCCCCCCCCC(=O)O[C@H](COC(=O)CCCCCCCCCCCCC(C)C)COP(=O)(O)OC[C@@H](O)COP(=O)(O)OC[C@@H](COC(=O)CCCCCCCCCCC(C)C)OC(=O)CCCCCCCCCCCCCCC. The molecule has 0 saturated carbocycles. The van der Waals surface area contributed by atoms with Crippen LogP contribution in [0.4, 0.5) is 0 Å². The van der Waals surface area contributed by atoms with E-state index >= 15 is 0 Å². The first-order chi connectivity index (χ1) is 47.4. The van der Waals surface area contributed by atoms with Crippen LogP contribution in [-0.2, 0) is 65.4 Å². The Balaban J connectivity index is 5.21. The first-order valence-corrected chi connectivity index (χ1v) is 44.0. The van der Waals surface area contributed by atoms with Crippen LogP contribution in [0.15, 0.2) is 0 Å². The van der Waals surface area contributed by atoms with Gasteiger partial charge >= 0.3 is 39.5 Å². The number of ether oxygens (including phenoxy) is 4. The summed E-state index contributed by atoms with van der Waals surface area (Å²) < 4.78 is 68.6. The Morgan fingerprint density at radius 1 is 0.276 bits per heavy atom. The fourth-order valence-corrected chi connectivity index (χ4v) is 13.8. The minimum atomic E-state index is -4.96. The van der Waals surface area contributed by atoms with Gasteiger partial charge in [0.25, 0.3) is 0 Å². The maximum Gasteiger partial charge on any atom is 0.472 e. The van der Waals surface area contributed by atoms with E-state index in [1.807, 2.05) is 0 Å². The van der Waals surface area contributed by atoms with Crippen molar-refractivity contribution in [3.05, 3.63) is 0 Å². The third-order valence-corrected chi connectivity index (χ3v) is 20.4. The molecule has 2 unspecified atom stereocenters. The number of carbonyl (C=O) groups excluding carboxylic acids is 4. The second-order valence-electron chi connectivity index (χ2n) is 29.4. The molecule has 0 radical (unpaired) electrons. The fraction of sp³-hybridized carbons (Fsp3) is 0.949. The third kappa shape index (κ3) is 72.4. The van der Waals surface area contributed by atoms with Gasteiger partial charge in [-0.3, -0.25) is 37.3 Å². The summed E-state index contributed by atoms with van der Waals surface area (Å²) in [6.07, 6.45) is 59.7. The van der Waals surface area contributed by atoms with E-state index < -0.39 is 97.5 Å². The molecule has 0 aliphatic heterocycles. The van der Waals surface area contributed by atoms with Crippen molar-refractivity contribution >= 4 is 39.5 Å². The standard InChI is InChI=1S/C79H154O17P2/c1-7-9-11-13-15-17-19-21-22-23-24-25-26-27-28-30-32-38-46-52-58-64-79(84)95-74(67-89-76(81)61-55-49-43-36-34-33-35-41-47-53-59-71(3)4)69-93-97(85,86)91-65-73(80)66-92-98(87,88)94-70-75(68-90-77(82)62-56-50-44-40-39-42-48-54-60-72(5)6)96-78(83)63-57-51-45-37-31-29-20-18-16-14-12-10-8-2/h71-75,80H,7-70H2,1-6H3,(H,85,86)(H,87,88)/t73-,74-,75-/m1/s1. The molecular formula is C79H154O17P2.